The Labute approximate surface area is 540 Å². The number of aromatic amines is 1. The lowest BCUT2D eigenvalue weighted by atomic mass is 10.00. The lowest BCUT2D eigenvalue weighted by molar-refractivity contribution is -0.192. The van der Waals surface area contributed by atoms with Gasteiger partial charge in [0.2, 0.25) is 53.2 Å². The molecule has 0 radical (unpaired) electrons. The van der Waals surface area contributed by atoms with Gasteiger partial charge in [0.1, 0.15) is 65.6 Å². The van der Waals surface area contributed by atoms with Crippen molar-refractivity contribution in [1.82, 2.24) is 47.5 Å². The molecule has 504 valence electrons. The van der Waals surface area contributed by atoms with E-state index in [4.69, 9.17) is 21.4 Å². The predicted octanol–water partition coefficient (Wildman–Crippen LogP) is -0.358. The molecule has 0 spiro atoms. The molecule has 5 rings (SSSR count). The van der Waals surface area contributed by atoms with Crippen LogP contribution < -0.4 is 54.0 Å². The molecule has 0 saturated carbocycles. The zero-order chi connectivity index (χ0) is 69.3. The molecular formula is C60H74F3N11O17S2. The number of phenols is 3. The van der Waals surface area contributed by atoms with Gasteiger partial charge in [0, 0.05) is 54.3 Å². The van der Waals surface area contributed by atoms with Crippen LogP contribution in [0.25, 0.3) is 10.9 Å². The van der Waals surface area contributed by atoms with Crippen molar-refractivity contribution in [3.05, 3.63) is 126 Å². The van der Waals surface area contributed by atoms with E-state index in [1.807, 2.05) is 0 Å². The van der Waals surface area contributed by atoms with Crippen LogP contribution >= 0.6 is 25.3 Å². The monoisotopic (exact) mass is 1340 g/mol. The molecule has 1 heterocycles. The van der Waals surface area contributed by atoms with E-state index < -0.39 is 145 Å². The molecule has 0 aliphatic rings. The number of thiol groups is 2. The van der Waals surface area contributed by atoms with Crippen molar-refractivity contribution in [3.63, 3.8) is 0 Å². The minimum Gasteiger partial charge on any atom is -0.508 e. The van der Waals surface area contributed by atoms with Gasteiger partial charge in [-0.2, -0.15) is 38.4 Å². The number of carboxylic acid groups (broad SMARTS) is 2. The Hall–Kier alpha value is -9.60. The van der Waals surface area contributed by atoms with E-state index in [1.165, 1.54) is 60.7 Å². The van der Waals surface area contributed by atoms with Crippen LogP contribution in [0.1, 0.15) is 55.4 Å². The minimum atomic E-state index is -5.08. The molecule has 5 aromatic rings. The fourth-order valence-corrected chi connectivity index (χ4v) is 9.39. The highest BCUT2D eigenvalue weighted by Gasteiger charge is 2.39. The number of amides is 9. The molecule has 0 fully saturated rings. The number of nitrogens with one attached hydrogen (secondary N) is 9. The summed E-state index contributed by atoms with van der Waals surface area (Å²) < 4.78 is 31.7. The number of aliphatic carboxylic acids is 2. The number of nitrogens with two attached hydrogens (primary N) is 2. The van der Waals surface area contributed by atoms with E-state index in [0.29, 0.717) is 33.2 Å². The van der Waals surface area contributed by atoms with E-state index in [0.717, 1.165) is 0 Å². The van der Waals surface area contributed by atoms with Crippen LogP contribution in [0.5, 0.6) is 17.2 Å². The van der Waals surface area contributed by atoms with Crippen LogP contribution in [0.4, 0.5) is 13.2 Å². The highest BCUT2D eigenvalue weighted by Crippen LogP contribution is 2.21. The number of primary amides is 1. The summed E-state index contributed by atoms with van der Waals surface area (Å²) in [5.41, 5.74) is 14.3. The molecule has 0 aliphatic heterocycles. The van der Waals surface area contributed by atoms with Gasteiger partial charge in [-0.25, -0.2) is 9.59 Å². The first kappa shape index (κ1) is 75.9. The van der Waals surface area contributed by atoms with Crippen LogP contribution in [0.3, 0.4) is 0 Å². The number of fused-ring (bicyclic) bond motifs is 1. The highest BCUT2D eigenvalue weighted by atomic mass is 32.1. The maximum atomic E-state index is 14.4. The maximum absolute atomic E-state index is 14.4. The first-order valence-corrected chi connectivity index (χ1v) is 29.8. The number of aromatic hydroxyl groups is 3. The van der Waals surface area contributed by atoms with Crippen LogP contribution in [-0.4, -0.2) is 179 Å². The van der Waals surface area contributed by atoms with Crippen molar-refractivity contribution in [2.75, 3.05) is 18.1 Å². The van der Waals surface area contributed by atoms with Crippen molar-refractivity contribution in [2.45, 2.75) is 119 Å². The number of aromatic nitrogens is 1. The Bertz CT molecular complexity index is 3400. The van der Waals surface area contributed by atoms with Gasteiger partial charge < -0.3 is 89.6 Å². The Balaban J connectivity index is 0.00000248. The third-order valence-electron chi connectivity index (χ3n) is 13.8. The number of carbonyl (C=O) groups is 11. The van der Waals surface area contributed by atoms with Crippen LogP contribution in [0, 0.1) is 5.92 Å². The Kier molecular flexibility index (Phi) is 29.7. The van der Waals surface area contributed by atoms with Gasteiger partial charge in [-0.3, -0.25) is 43.2 Å². The second-order valence-electron chi connectivity index (χ2n) is 21.6. The van der Waals surface area contributed by atoms with Gasteiger partial charge in [-0.05, 0) is 89.9 Å². The number of phenolic OH excluding ortho intramolecular Hbond substituents is 3. The normalized spacial score (nSPS) is 14.1. The Morgan fingerprint density at radius 1 is 0.505 bits per heavy atom. The van der Waals surface area contributed by atoms with Crippen LogP contribution in [0.2, 0.25) is 0 Å². The molecule has 19 N–H and O–H groups in total. The summed E-state index contributed by atoms with van der Waals surface area (Å²) in [6.07, 6.45) is -5.14. The van der Waals surface area contributed by atoms with E-state index >= 15 is 0 Å². The number of halogens is 3. The molecule has 9 amide bonds. The molecule has 4 aromatic carbocycles. The SMILES string of the molecule is CC(C)C[C@H](NC(=O)[C@H](Cc1ccc(O)cc1)NC(=O)[C@H](CCC(N)=O)NC(=O)[C@H](CO)NC(=O)[C@H](Cc1c[nH]c2ccccc12)NC(=O)[C@H](CS)NC(=O)[C@@H](N)Cc1ccc(O)cc1)C(=O)N[C@@H](CS)C(=O)N[C@@H](Cc1ccc(O)cc1)C(=O)O.O=C(O)C(F)(F)F. The summed E-state index contributed by atoms with van der Waals surface area (Å²) in [5.74, 6) is -13.7. The number of para-hydroxylation sites is 1. The van der Waals surface area contributed by atoms with Gasteiger partial charge >= 0.3 is 18.1 Å². The van der Waals surface area contributed by atoms with Crippen molar-refractivity contribution in [3.8, 4) is 17.2 Å². The number of benzene rings is 4. The first-order chi connectivity index (χ1) is 43.8. The number of aliphatic hydroxyl groups excluding tert-OH is 1. The lowest BCUT2D eigenvalue weighted by Crippen LogP contribution is -2.61. The fraction of sp³-hybridized carbons (Fsp3) is 0.383. The quantitative estimate of drug-likeness (QED) is 0.0239. The minimum absolute atomic E-state index is 0.00606. The zero-order valence-electron chi connectivity index (χ0n) is 50.0. The number of rotatable bonds is 33. The maximum Gasteiger partial charge on any atom is 0.490 e. The second-order valence-corrected chi connectivity index (χ2v) is 22.3. The van der Waals surface area contributed by atoms with Gasteiger partial charge in [-0.15, -0.1) is 0 Å². The first-order valence-electron chi connectivity index (χ1n) is 28.5. The number of carboxylic acids is 2. The number of alkyl halides is 3. The number of aliphatic hydroxyl groups is 1. The van der Waals surface area contributed by atoms with Crippen molar-refractivity contribution in [1.29, 1.82) is 0 Å². The average Bonchev–Trinajstić information content (AvgIpc) is 2.03. The summed E-state index contributed by atoms with van der Waals surface area (Å²) in [7, 11) is 0. The summed E-state index contributed by atoms with van der Waals surface area (Å²) in [6, 6.07) is 10.8. The van der Waals surface area contributed by atoms with Gasteiger partial charge in [0.05, 0.1) is 12.6 Å². The highest BCUT2D eigenvalue weighted by molar-refractivity contribution is 7.80. The zero-order valence-corrected chi connectivity index (χ0v) is 51.8. The standard InChI is InChI=1S/C58H73N11O15S2.C2HF3O2/c1-30(2)21-42(52(77)69-48(29-86)57(82)66-45(58(83)84)24-33-11-17-37(73)18-12-33)63-53(78)43(23-32-9-15-36(72)16-10-32)64-51(76)41(19-20-49(60)74)62-55(80)46(27-70)67-54(79)44(25-34-26-61-40-6-4-3-5-38(34)40)65-56(81)47(28-85)68-50(75)39(59)22-31-7-13-35(71)14-8-31;3-2(4,5)1(6)7/h3-18,26,30,39,41-48,61,70-73,85-86H,19-25,27-29,59H2,1-2H3,(H2,60,74)(H,62,80)(H,63,78)(H,64,76)(H,65,81)(H,66,82)(H,67,79)(H,68,75)(H,69,77)(H,83,84);(H,6,7)/t39-,41-,42-,43-,44-,45-,46-,47-,48-;/m0./s1. The molecule has 0 bridgehead atoms. The van der Waals surface area contributed by atoms with Gasteiger partial charge in [0.25, 0.3) is 0 Å². The van der Waals surface area contributed by atoms with E-state index in [2.05, 4.69) is 72.8 Å². The third-order valence-corrected chi connectivity index (χ3v) is 14.5. The largest absolute Gasteiger partial charge is 0.508 e. The van der Waals surface area contributed by atoms with E-state index in [9.17, 15) is 86.6 Å². The van der Waals surface area contributed by atoms with Crippen LogP contribution in [0.15, 0.2) is 103 Å². The van der Waals surface area contributed by atoms with Crippen LogP contribution in [-0.2, 0) is 78.4 Å². The fourth-order valence-electron chi connectivity index (χ4n) is 8.88. The summed E-state index contributed by atoms with van der Waals surface area (Å²) in [4.78, 5) is 148. The van der Waals surface area contributed by atoms with Crippen molar-refractivity contribution >= 4 is 101 Å². The second kappa shape index (κ2) is 36.4. The lowest BCUT2D eigenvalue weighted by Gasteiger charge is -2.28. The number of hydrogen-bond donors (Lipinski definition) is 19. The third kappa shape index (κ3) is 25.2. The Morgan fingerprint density at radius 2 is 0.871 bits per heavy atom. The molecule has 9 atom stereocenters. The molecule has 33 heteroatoms. The smallest absolute Gasteiger partial charge is 0.490 e. The molecule has 0 unspecified atom stereocenters. The summed E-state index contributed by atoms with van der Waals surface area (Å²) in [6.45, 7) is 2.40. The number of H-pyrrole nitrogens is 1. The predicted molar refractivity (Wildman–Crippen MR) is 335 cm³/mol. The molecule has 0 saturated heterocycles. The molecule has 0 aliphatic carbocycles. The average molecular weight is 1340 g/mol. The summed E-state index contributed by atoms with van der Waals surface area (Å²) >= 11 is 8.47. The van der Waals surface area contributed by atoms with Gasteiger partial charge in [-0.1, -0.05) is 68.4 Å². The van der Waals surface area contributed by atoms with E-state index in [-0.39, 0.29) is 66.8 Å². The topological polar surface area (TPSA) is 473 Å². The molecule has 28 nitrogen and oxygen atoms in total. The molecular weight excluding hydrogens is 1270 g/mol. The molecule has 1 aromatic heterocycles. The summed E-state index contributed by atoms with van der Waals surface area (Å²) in [5, 5.41) is 77.6. The van der Waals surface area contributed by atoms with Crippen molar-refractivity contribution < 1.29 is 96.6 Å². The number of hydrogen-bond acceptors (Lipinski definition) is 18. The van der Waals surface area contributed by atoms with E-state index in [1.54, 1.807) is 56.4 Å². The molecule has 93 heavy (non-hydrogen) atoms. The van der Waals surface area contributed by atoms with Gasteiger partial charge in [0.15, 0.2) is 0 Å². The Morgan fingerprint density at radius 3 is 1.32 bits per heavy atom. The number of carbonyl (C=O) groups excluding carboxylic acids is 9. The van der Waals surface area contributed by atoms with Crippen molar-refractivity contribution in [2.24, 2.45) is 17.4 Å².